The van der Waals surface area contributed by atoms with E-state index in [0.717, 1.165) is 27.8 Å². The Morgan fingerprint density at radius 3 is 2.70 bits per heavy atom. The first-order chi connectivity index (χ1) is 13.2. The fourth-order valence-electron chi connectivity index (χ4n) is 3.24. The number of benzene rings is 3. The number of aliphatic hydroxyl groups is 1. The molecule has 3 aromatic carbocycles. The van der Waals surface area contributed by atoms with Gasteiger partial charge in [-0.2, -0.15) is 0 Å². The van der Waals surface area contributed by atoms with E-state index in [4.69, 9.17) is 9.52 Å². The molecule has 4 rings (SSSR count). The second-order valence-electron chi connectivity index (χ2n) is 6.62. The van der Waals surface area contributed by atoms with Gasteiger partial charge in [0.2, 0.25) is 5.89 Å². The minimum atomic E-state index is 0.133. The van der Waals surface area contributed by atoms with Crippen LogP contribution in [0.25, 0.3) is 33.7 Å². The molecule has 0 saturated heterocycles. The highest BCUT2D eigenvalue weighted by atomic mass is 16.3. The molecule has 0 radical (unpaired) electrons. The number of aryl methyl sites for hydroxylation is 1. The normalized spacial score (nSPS) is 11.2. The summed E-state index contributed by atoms with van der Waals surface area (Å²) in [6.45, 7) is 3.52. The zero-order valence-corrected chi connectivity index (χ0v) is 15.3. The minimum absolute atomic E-state index is 0.133. The van der Waals surface area contributed by atoms with Crippen molar-refractivity contribution >= 4 is 11.1 Å². The van der Waals surface area contributed by atoms with Gasteiger partial charge < -0.3 is 14.8 Å². The summed E-state index contributed by atoms with van der Waals surface area (Å²) in [4.78, 5) is 4.65. The minimum Gasteiger partial charge on any atom is -0.436 e. The van der Waals surface area contributed by atoms with Crippen LogP contribution >= 0.6 is 0 Å². The number of nitrogens with one attached hydrogen (secondary N) is 1. The lowest BCUT2D eigenvalue weighted by Crippen LogP contribution is -2.17. The average molecular weight is 358 g/mol. The molecule has 0 amide bonds. The molecule has 0 aliphatic heterocycles. The molecule has 4 nitrogen and oxygen atoms in total. The Balaban J connectivity index is 1.66. The van der Waals surface area contributed by atoms with Gasteiger partial charge in [-0.05, 0) is 53.4 Å². The zero-order valence-electron chi connectivity index (χ0n) is 15.3. The molecular formula is C23H22N2O2. The molecule has 136 valence electrons. The third-order valence-electron chi connectivity index (χ3n) is 4.64. The van der Waals surface area contributed by atoms with Crippen LogP contribution in [0.3, 0.4) is 0 Å². The van der Waals surface area contributed by atoms with Gasteiger partial charge in [-0.25, -0.2) is 4.98 Å². The zero-order chi connectivity index (χ0) is 18.6. The van der Waals surface area contributed by atoms with E-state index in [2.05, 4.69) is 53.6 Å². The molecule has 0 aliphatic rings. The molecule has 0 aliphatic carbocycles. The van der Waals surface area contributed by atoms with Crippen molar-refractivity contribution in [2.24, 2.45) is 0 Å². The number of hydrogen-bond donors (Lipinski definition) is 2. The molecule has 0 spiro atoms. The van der Waals surface area contributed by atoms with Gasteiger partial charge in [0.15, 0.2) is 5.58 Å². The first kappa shape index (κ1) is 17.5. The Morgan fingerprint density at radius 2 is 1.85 bits per heavy atom. The fourth-order valence-corrected chi connectivity index (χ4v) is 3.24. The van der Waals surface area contributed by atoms with E-state index in [0.29, 0.717) is 19.0 Å². The van der Waals surface area contributed by atoms with E-state index in [1.54, 1.807) is 0 Å². The van der Waals surface area contributed by atoms with Gasteiger partial charge in [-0.15, -0.1) is 0 Å². The summed E-state index contributed by atoms with van der Waals surface area (Å²) in [5.41, 5.74) is 7.29. The summed E-state index contributed by atoms with van der Waals surface area (Å²) in [5, 5.41) is 12.1. The summed E-state index contributed by atoms with van der Waals surface area (Å²) >= 11 is 0. The highest BCUT2D eigenvalue weighted by Gasteiger charge is 2.11. The van der Waals surface area contributed by atoms with Crippen LogP contribution in [-0.2, 0) is 6.54 Å². The predicted molar refractivity (Wildman–Crippen MR) is 108 cm³/mol. The van der Waals surface area contributed by atoms with E-state index in [9.17, 15) is 0 Å². The van der Waals surface area contributed by atoms with E-state index < -0.39 is 0 Å². The van der Waals surface area contributed by atoms with Crippen LogP contribution in [0, 0.1) is 6.92 Å². The van der Waals surface area contributed by atoms with Crippen LogP contribution in [0.5, 0.6) is 0 Å². The van der Waals surface area contributed by atoms with Gasteiger partial charge in [0, 0.05) is 18.7 Å². The fraction of sp³-hybridized carbons (Fsp3) is 0.174. The first-order valence-corrected chi connectivity index (χ1v) is 9.12. The van der Waals surface area contributed by atoms with Crippen LogP contribution in [0.2, 0.25) is 0 Å². The summed E-state index contributed by atoms with van der Waals surface area (Å²) in [6, 6.07) is 22.6. The number of oxazole rings is 1. The van der Waals surface area contributed by atoms with Crippen LogP contribution in [0.15, 0.2) is 71.1 Å². The number of nitrogens with zero attached hydrogens (tertiary/aromatic N) is 1. The summed E-state index contributed by atoms with van der Waals surface area (Å²) in [5.74, 6) is 0.621. The highest BCUT2D eigenvalue weighted by Crippen LogP contribution is 2.30. The van der Waals surface area contributed by atoms with Crippen molar-refractivity contribution in [3.8, 4) is 22.6 Å². The van der Waals surface area contributed by atoms with Crippen molar-refractivity contribution in [2.45, 2.75) is 13.5 Å². The second-order valence-corrected chi connectivity index (χ2v) is 6.62. The maximum absolute atomic E-state index is 8.89. The van der Waals surface area contributed by atoms with Crippen LogP contribution in [0.1, 0.15) is 11.1 Å². The molecule has 0 atom stereocenters. The van der Waals surface area contributed by atoms with Crippen molar-refractivity contribution in [1.29, 1.82) is 0 Å². The van der Waals surface area contributed by atoms with Crippen LogP contribution in [0.4, 0.5) is 0 Å². The summed E-state index contributed by atoms with van der Waals surface area (Å²) in [6.07, 6.45) is 0. The molecule has 27 heavy (non-hydrogen) atoms. The smallest absolute Gasteiger partial charge is 0.227 e. The van der Waals surface area contributed by atoms with Crippen molar-refractivity contribution in [3.05, 3.63) is 77.9 Å². The Hall–Kier alpha value is -2.95. The molecule has 0 fully saturated rings. The van der Waals surface area contributed by atoms with Gasteiger partial charge >= 0.3 is 0 Å². The lowest BCUT2D eigenvalue weighted by Gasteiger charge is -2.04. The molecule has 4 aromatic rings. The van der Waals surface area contributed by atoms with E-state index >= 15 is 0 Å². The van der Waals surface area contributed by atoms with Gasteiger partial charge in [0.05, 0.1) is 6.61 Å². The Labute approximate surface area is 158 Å². The molecule has 0 bridgehead atoms. The molecule has 2 N–H and O–H groups in total. The quantitative estimate of drug-likeness (QED) is 0.496. The lowest BCUT2D eigenvalue weighted by molar-refractivity contribution is 0.292. The number of hydrogen-bond acceptors (Lipinski definition) is 4. The molecule has 0 unspecified atom stereocenters. The van der Waals surface area contributed by atoms with Gasteiger partial charge in [0.1, 0.15) is 5.52 Å². The average Bonchev–Trinajstić information content (AvgIpc) is 3.12. The maximum atomic E-state index is 8.89. The topological polar surface area (TPSA) is 58.3 Å². The number of aliphatic hydroxyl groups excluding tert-OH is 1. The highest BCUT2D eigenvalue weighted by molar-refractivity contribution is 5.83. The SMILES string of the molecule is Cc1ccccc1-c1ccc2nc(-c3cccc(CNCCO)c3)oc2c1. The van der Waals surface area contributed by atoms with E-state index in [1.807, 2.05) is 30.3 Å². The van der Waals surface area contributed by atoms with Crippen molar-refractivity contribution < 1.29 is 9.52 Å². The Bertz CT molecular complexity index is 1070. The van der Waals surface area contributed by atoms with E-state index in [1.165, 1.54) is 11.1 Å². The Morgan fingerprint density at radius 1 is 0.963 bits per heavy atom. The largest absolute Gasteiger partial charge is 0.436 e. The third-order valence-corrected chi connectivity index (χ3v) is 4.64. The predicted octanol–water partition coefficient (Wildman–Crippen LogP) is 4.55. The number of fused-ring (bicyclic) bond motifs is 1. The van der Waals surface area contributed by atoms with Gasteiger partial charge in [-0.1, -0.05) is 42.5 Å². The van der Waals surface area contributed by atoms with Crippen LogP contribution in [-0.4, -0.2) is 23.2 Å². The molecule has 4 heteroatoms. The number of aromatic nitrogens is 1. The second kappa shape index (κ2) is 7.74. The van der Waals surface area contributed by atoms with Crippen LogP contribution < -0.4 is 5.32 Å². The third kappa shape index (κ3) is 3.77. The standard InChI is InChI=1S/C23H22N2O2/c1-16-5-2-3-8-20(16)18-9-10-21-22(14-18)27-23(25-21)19-7-4-6-17(13-19)15-24-11-12-26/h2-10,13-14,24,26H,11-12,15H2,1H3. The molecular weight excluding hydrogens is 336 g/mol. The molecule has 0 saturated carbocycles. The van der Waals surface area contributed by atoms with E-state index in [-0.39, 0.29) is 6.61 Å². The van der Waals surface area contributed by atoms with Gasteiger partial charge in [-0.3, -0.25) is 0 Å². The maximum Gasteiger partial charge on any atom is 0.227 e. The Kier molecular flexibility index (Phi) is 5.01. The van der Waals surface area contributed by atoms with Crippen molar-refractivity contribution in [2.75, 3.05) is 13.2 Å². The monoisotopic (exact) mass is 358 g/mol. The molecule has 1 heterocycles. The van der Waals surface area contributed by atoms with Crippen molar-refractivity contribution in [1.82, 2.24) is 10.3 Å². The number of rotatable bonds is 6. The summed E-state index contributed by atoms with van der Waals surface area (Å²) < 4.78 is 6.07. The molecule has 1 aromatic heterocycles. The first-order valence-electron chi connectivity index (χ1n) is 9.12. The lowest BCUT2D eigenvalue weighted by atomic mass is 10.0. The van der Waals surface area contributed by atoms with Crippen molar-refractivity contribution in [3.63, 3.8) is 0 Å². The summed E-state index contributed by atoms with van der Waals surface area (Å²) in [7, 11) is 0. The van der Waals surface area contributed by atoms with Gasteiger partial charge in [0.25, 0.3) is 0 Å².